The van der Waals surface area contributed by atoms with Gasteiger partial charge in [-0.1, -0.05) is 18.2 Å². The van der Waals surface area contributed by atoms with Gasteiger partial charge in [-0.15, -0.1) is 0 Å². The Morgan fingerprint density at radius 1 is 1.17 bits per heavy atom. The minimum atomic E-state index is -0.0381. The van der Waals surface area contributed by atoms with Crippen LogP contribution in [0.5, 0.6) is 0 Å². The van der Waals surface area contributed by atoms with E-state index in [2.05, 4.69) is 20.6 Å². The van der Waals surface area contributed by atoms with Gasteiger partial charge in [0.1, 0.15) is 0 Å². The highest BCUT2D eigenvalue weighted by Crippen LogP contribution is 2.37. The number of rotatable bonds is 3. The maximum Gasteiger partial charge on any atom is 0.255 e. The van der Waals surface area contributed by atoms with Gasteiger partial charge in [0, 0.05) is 42.3 Å². The van der Waals surface area contributed by atoms with Gasteiger partial charge in [-0.05, 0) is 30.7 Å². The van der Waals surface area contributed by atoms with Crippen molar-refractivity contribution in [2.24, 2.45) is 0 Å². The zero-order chi connectivity index (χ0) is 16.5. The van der Waals surface area contributed by atoms with E-state index in [1.165, 1.54) is 0 Å². The fourth-order valence-corrected chi connectivity index (χ4v) is 3.13. The highest BCUT2D eigenvalue weighted by atomic mass is 16.1. The molecule has 0 spiro atoms. The third-order valence-corrected chi connectivity index (χ3v) is 4.30. The predicted octanol–water partition coefficient (Wildman–Crippen LogP) is 3.41. The molecule has 120 valence electrons. The lowest BCUT2D eigenvalue weighted by molar-refractivity contribution is 0.0947. The number of nitrogens with zero attached hydrogens (tertiary/aromatic N) is 1. The van der Waals surface area contributed by atoms with Gasteiger partial charge in [0.15, 0.2) is 0 Å². The largest absolute Gasteiger partial charge is 0.356 e. The van der Waals surface area contributed by atoms with Gasteiger partial charge < -0.3 is 15.6 Å². The van der Waals surface area contributed by atoms with Crippen molar-refractivity contribution >= 4 is 17.3 Å². The number of hydrogen-bond donors (Lipinski definition) is 3. The third kappa shape index (κ3) is 2.44. The molecule has 1 aliphatic heterocycles. The van der Waals surface area contributed by atoms with E-state index < -0.39 is 0 Å². The highest BCUT2D eigenvalue weighted by molar-refractivity contribution is 6.06. The Bertz CT molecular complexity index is 899. The van der Waals surface area contributed by atoms with E-state index in [4.69, 9.17) is 0 Å². The molecule has 24 heavy (non-hydrogen) atoms. The Morgan fingerprint density at radius 3 is 2.79 bits per heavy atom. The first-order chi connectivity index (χ1) is 11.7. The van der Waals surface area contributed by atoms with Gasteiger partial charge >= 0.3 is 0 Å². The number of aryl methyl sites for hydroxylation is 1. The quantitative estimate of drug-likeness (QED) is 0.693. The van der Waals surface area contributed by atoms with Crippen LogP contribution in [0.4, 0.5) is 11.4 Å². The Labute approximate surface area is 140 Å². The summed E-state index contributed by atoms with van der Waals surface area (Å²) in [5, 5.41) is 6.36. The number of amides is 1. The molecule has 0 unspecified atom stereocenters. The van der Waals surface area contributed by atoms with Gasteiger partial charge in [0.2, 0.25) is 0 Å². The summed E-state index contributed by atoms with van der Waals surface area (Å²) in [7, 11) is 0. The number of carbonyl (C=O) groups is 1. The molecule has 3 heterocycles. The zero-order valence-electron chi connectivity index (χ0n) is 13.4. The van der Waals surface area contributed by atoms with E-state index in [1.54, 1.807) is 6.20 Å². The van der Waals surface area contributed by atoms with Crippen LogP contribution in [-0.2, 0) is 6.42 Å². The summed E-state index contributed by atoms with van der Waals surface area (Å²) in [6.07, 6.45) is 4.41. The monoisotopic (exact) mass is 318 g/mol. The number of aromatic amines is 1. The van der Waals surface area contributed by atoms with Crippen molar-refractivity contribution in [1.29, 1.82) is 0 Å². The lowest BCUT2D eigenvalue weighted by atomic mass is 10.0. The molecule has 3 aromatic rings. The van der Waals surface area contributed by atoms with Crippen LogP contribution in [-0.4, -0.2) is 22.4 Å². The van der Waals surface area contributed by atoms with Crippen LogP contribution in [0.15, 0.2) is 48.8 Å². The minimum absolute atomic E-state index is 0.0381. The first kappa shape index (κ1) is 14.5. The van der Waals surface area contributed by atoms with Crippen LogP contribution in [0, 0.1) is 6.92 Å². The maximum absolute atomic E-state index is 12.4. The number of pyridine rings is 1. The number of para-hydroxylation sites is 1. The Kier molecular flexibility index (Phi) is 3.54. The summed E-state index contributed by atoms with van der Waals surface area (Å²) >= 11 is 0. The molecule has 0 radical (unpaired) electrons. The van der Waals surface area contributed by atoms with Gasteiger partial charge in [0.05, 0.1) is 16.9 Å². The van der Waals surface area contributed by atoms with Crippen LogP contribution in [0.3, 0.4) is 0 Å². The van der Waals surface area contributed by atoms with E-state index >= 15 is 0 Å². The predicted molar refractivity (Wildman–Crippen MR) is 94.5 cm³/mol. The summed E-state index contributed by atoms with van der Waals surface area (Å²) in [5.74, 6) is -0.0381. The Morgan fingerprint density at radius 2 is 2.00 bits per heavy atom. The molecule has 0 bridgehead atoms. The fraction of sp³-hybridized carbons (Fsp3) is 0.158. The fourth-order valence-electron chi connectivity index (χ4n) is 3.13. The Balaban J connectivity index is 1.90. The first-order valence-corrected chi connectivity index (χ1v) is 8.00. The van der Waals surface area contributed by atoms with E-state index in [0.717, 1.165) is 40.3 Å². The van der Waals surface area contributed by atoms with Crippen molar-refractivity contribution in [1.82, 2.24) is 15.3 Å². The molecule has 1 aliphatic rings. The van der Waals surface area contributed by atoms with Crippen LogP contribution in [0.25, 0.3) is 11.3 Å². The summed E-state index contributed by atoms with van der Waals surface area (Å²) in [6, 6.07) is 11.9. The number of carbonyl (C=O) groups excluding carboxylic acids is 1. The van der Waals surface area contributed by atoms with Gasteiger partial charge in [-0.3, -0.25) is 9.78 Å². The van der Waals surface area contributed by atoms with Gasteiger partial charge in [-0.25, -0.2) is 0 Å². The Hall–Kier alpha value is -3.08. The molecule has 0 saturated carbocycles. The van der Waals surface area contributed by atoms with E-state index in [1.807, 2.05) is 49.5 Å². The standard InChI is InChI=1S/C19H18N4O/c1-12-11-20-9-7-14(12)17-18(22-13-5-3-2-4-6-13)16-15(23-17)8-10-21-19(16)24/h2-7,9,11,22-23H,8,10H2,1H3,(H,21,24). The van der Waals surface area contributed by atoms with Crippen molar-refractivity contribution in [3.8, 4) is 11.3 Å². The van der Waals surface area contributed by atoms with E-state index in [0.29, 0.717) is 12.1 Å². The molecule has 0 fully saturated rings. The summed E-state index contributed by atoms with van der Waals surface area (Å²) in [6.45, 7) is 2.68. The minimum Gasteiger partial charge on any atom is -0.356 e. The third-order valence-electron chi connectivity index (χ3n) is 4.30. The second kappa shape index (κ2) is 5.85. The topological polar surface area (TPSA) is 69.8 Å². The van der Waals surface area contributed by atoms with Crippen LogP contribution < -0.4 is 10.6 Å². The molecule has 0 saturated heterocycles. The molecule has 0 aliphatic carbocycles. The number of H-pyrrole nitrogens is 1. The number of hydrogen-bond acceptors (Lipinski definition) is 3. The molecule has 2 aromatic heterocycles. The second-order valence-corrected chi connectivity index (χ2v) is 5.92. The number of nitrogens with one attached hydrogen (secondary N) is 3. The average Bonchev–Trinajstić information content (AvgIpc) is 2.96. The van der Waals surface area contributed by atoms with Crippen LogP contribution >= 0.6 is 0 Å². The van der Waals surface area contributed by atoms with E-state index in [9.17, 15) is 4.79 Å². The number of aromatic nitrogens is 2. The number of anilines is 2. The first-order valence-electron chi connectivity index (χ1n) is 8.00. The van der Waals surface area contributed by atoms with E-state index in [-0.39, 0.29) is 5.91 Å². The molecule has 1 amide bonds. The molecule has 1 aromatic carbocycles. The molecular formula is C19H18N4O. The van der Waals surface area contributed by atoms with Crippen LogP contribution in [0.1, 0.15) is 21.6 Å². The van der Waals surface area contributed by atoms with Crippen LogP contribution in [0.2, 0.25) is 0 Å². The molecule has 3 N–H and O–H groups in total. The number of fused-ring (bicyclic) bond motifs is 1. The summed E-state index contributed by atoms with van der Waals surface area (Å²) < 4.78 is 0. The lowest BCUT2D eigenvalue weighted by Gasteiger charge is -2.15. The zero-order valence-corrected chi connectivity index (χ0v) is 13.4. The van der Waals surface area contributed by atoms with Gasteiger partial charge in [0.25, 0.3) is 5.91 Å². The summed E-state index contributed by atoms with van der Waals surface area (Å²) in [4.78, 5) is 20.1. The summed E-state index contributed by atoms with van der Waals surface area (Å²) in [5.41, 5.74) is 6.49. The lowest BCUT2D eigenvalue weighted by Crippen LogP contribution is -2.31. The van der Waals surface area contributed by atoms with Crippen molar-refractivity contribution in [3.63, 3.8) is 0 Å². The normalized spacial score (nSPS) is 13.3. The van der Waals surface area contributed by atoms with Crippen molar-refractivity contribution in [2.45, 2.75) is 13.3 Å². The molecule has 5 heteroatoms. The SMILES string of the molecule is Cc1cnccc1-c1[nH]c2c(c1Nc1ccccc1)C(=O)NCC2. The molecular weight excluding hydrogens is 300 g/mol. The molecule has 0 atom stereocenters. The smallest absolute Gasteiger partial charge is 0.255 e. The second-order valence-electron chi connectivity index (χ2n) is 5.92. The molecule has 4 rings (SSSR count). The van der Waals surface area contributed by atoms with Crippen molar-refractivity contribution < 1.29 is 4.79 Å². The van der Waals surface area contributed by atoms with Crippen molar-refractivity contribution in [3.05, 3.63) is 65.6 Å². The van der Waals surface area contributed by atoms with Crippen molar-refractivity contribution in [2.75, 3.05) is 11.9 Å². The highest BCUT2D eigenvalue weighted by Gasteiger charge is 2.27. The molecule has 5 nitrogen and oxygen atoms in total. The van der Waals surface area contributed by atoms with Gasteiger partial charge in [-0.2, -0.15) is 0 Å². The number of benzene rings is 1. The average molecular weight is 318 g/mol. The maximum atomic E-state index is 12.4.